The van der Waals surface area contributed by atoms with Crippen LogP contribution in [0.4, 0.5) is 0 Å². The summed E-state index contributed by atoms with van der Waals surface area (Å²) >= 11 is 0. The fourth-order valence-corrected chi connectivity index (χ4v) is 1.55. The first kappa shape index (κ1) is 20.2. The number of Topliss-reactive ketones (excluding diaryl/α,β-unsaturated/α-hetero) is 2. The summed E-state index contributed by atoms with van der Waals surface area (Å²) in [5.74, 6) is -5.31. The summed E-state index contributed by atoms with van der Waals surface area (Å²) in [6.45, 7) is 1.39. The van der Waals surface area contributed by atoms with Crippen molar-refractivity contribution in [3.05, 3.63) is 0 Å². The molecule has 0 saturated carbocycles. The Kier molecular flexibility index (Phi) is 7.04. The van der Waals surface area contributed by atoms with Crippen molar-refractivity contribution < 1.29 is 48.5 Å². The minimum absolute atomic E-state index is 0.184. The highest BCUT2D eigenvalue weighted by Gasteiger charge is 2.45. The summed E-state index contributed by atoms with van der Waals surface area (Å²) in [4.78, 5) is 66.1. The fraction of sp³-hybridized carbons (Fsp3) is 0.538. The molecule has 0 bridgehead atoms. The number of hydrogen-bond donors (Lipinski definition) is 2. The zero-order valence-corrected chi connectivity index (χ0v) is 12.4. The van der Waals surface area contributed by atoms with Crippen LogP contribution in [0.1, 0.15) is 33.1 Å². The van der Waals surface area contributed by atoms with Crippen LogP contribution in [0.25, 0.3) is 0 Å². The second-order valence-corrected chi connectivity index (χ2v) is 4.80. The summed E-state index contributed by atoms with van der Waals surface area (Å²) in [5.41, 5.74) is -4.78. The van der Waals surface area contributed by atoms with Crippen molar-refractivity contribution >= 4 is 36.4 Å². The number of ketones is 2. The maximum Gasteiger partial charge on any atom is 0.355 e. The number of ether oxygens (including phenoxy) is 2. The van der Waals surface area contributed by atoms with Crippen molar-refractivity contribution in [2.45, 2.75) is 44.3 Å². The normalized spacial score (nSPS) is 15.4. The van der Waals surface area contributed by atoms with Crippen LogP contribution in [0.5, 0.6) is 0 Å². The van der Waals surface area contributed by atoms with Gasteiger partial charge in [-0.2, -0.15) is 0 Å². The molecular weight excluding hydrogens is 316 g/mol. The quantitative estimate of drug-likeness (QED) is 0.346. The van der Waals surface area contributed by atoms with E-state index < -0.39 is 47.5 Å². The number of carboxylic acid groups (broad SMARTS) is 2. The van der Waals surface area contributed by atoms with Gasteiger partial charge in [-0.25, -0.2) is 9.59 Å². The molecule has 0 aliphatic heterocycles. The van der Waals surface area contributed by atoms with Gasteiger partial charge in [0.25, 0.3) is 24.1 Å². The molecule has 23 heavy (non-hydrogen) atoms. The molecule has 10 nitrogen and oxygen atoms in total. The largest absolute Gasteiger partial charge is 0.478 e. The van der Waals surface area contributed by atoms with Crippen LogP contribution in [-0.2, 0) is 38.2 Å². The Morgan fingerprint density at radius 3 is 1.35 bits per heavy atom. The van der Waals surface area contributed by atoms with E-state index in [1.165, 1.54) is 0 Å². The maximum absolute atomic E-state index is 11.8. The fourth-order valence-electron chi connectivity index (χ4n) is 1.55. The molecular formula is C13H16O10. The molecule has 0 aliphatic carbocycles. The zero-order valence-electron chi connectivity index (χ0n) is 12.4. The monoisotopic (exact) mass is 332 g/mol. The number of carboxylic acids is 2. The van der Waals surface area contributed by atoms with Gasteiger partial charge < -0.3 is 19.7 Å². The second kappa shape index (κ2) is 8.01. The van der Waals surface area contributed by atoms with E-state index in [9.17, 15) is 28.8 Å². The molecule has 0 heterocycles. The lowest BCUT2D eigenvalue weighted by molar-refractivity contribution is -0.174. The number of aliphatic carboxylic acids is 2. The number of hydrogen-bond acceptors (Lipinski definition) is 8. The lowest BCUT2D eigenvalue weighted by atomic mass is 9.92. The first-order valence-corrected chi connectivity index (χ1v) is 6.32. The van der Waals surface area contributed by atoms with Crippen LogP contribution in [0.15, 0.2) is 0 Å². The molecule has 0 saturated heterocycles. The van der Waals surface area contributed by atoms with Crippen molar-refractivity contribution in [1.29, 1.82) is 0 Å². The highest BCUT2D eigenvalue weighted by molar-refractivity contribution is 6.08. The predicted molar refractivity (Wildman–Crippen MR) is 70.2 cm³/mol. The average Bonchev–Trinajstić information content (AvgIpc) is 2.46. The lowest BCUT2D eigenvalue weighted by Gasteiger charge is -2.22. The summed E-state index contributed by atoms with van der Waals surface area (Å²) in [6.07, 6.45) is -1.13. The van der Waals surface area contributed by atoms with Crippen molar-refractivity contribution in [2.75, 3.05) is 0 Å². The van der Waals surface area contributed by atoms with Gasteiger partial charge in [-0.1, -0.05) is 0 Å². The Morgan fingerprint density at radius 2 is 1.13 bits per heavy atom. The Morgan fingerprint density at radius 1 is 0.826 bits per heavy atom. The van der Waals surface area contributed by atoms with Crippen LogP contribution in [0, 0.1) is 0 Å². The summed E-state index contributed by atoms with van der Waals surface area (Å²) < 4.78 is 8.55. The molecule has 0 aromatic heterocycles. The van der Waals surface area contributed by atoms with Gasteiger partial charge in [-0.15, -0.1) is 0 Å². The van der Waals surface area contributed by atoms with Gasteiger partial charge in [0, 0.05) is 12.8 Å². The van der Waals surface area contributed by atoms with Gasteiger partial charge in [0.1, 0.15) is 0 Å². The van der Waals surface area contributed by atoms with Crippen LogP contribution in [-0.4, -0.2) is 57.9 Å². The van der Waals surface area contributed by atoms with Gasteiger partial charge in [0.2, 0.25) is 0 Å². The van der Waals surface area contributed by atoms with Crippen LogP contribution >= 0.6 is 0 Å². The summed E-state index contributed by atoms with van der Waals surface area (Å²) in [7, 11) is 0. The molecule has 0 radical (unpaired) electrons. The highest BCUT2D eigenvalue weighted by Crippen LogP contribution is 2.19. The Balaban J connectivity index is 4.82. The van der Waals surface area contributed by atoms with E-state index in [-0.39, 0.29) is 19.4 Å². The third-order valence-corrected chi connectivity index (χ3v) is 3.26. The van der Waals surface area contributed by atoms with Crippen molar-refractivity contribution in [1.82, 2.24) is 0 Å². The third kappa shape index (κ3) is 4.59. The van der Waals surface area contributed by atoms with Crippen molar-refractivity contribution in [3.8, 4) is 0 Å². The second-order valence-electron chi connectivity index (χ2n) is 4.80. The predicted octanol–water partition coefficient (Wildman–Crippen LogP) is -0.672. The SMILES string of the molecule is CC(OC=O)(C(=O)O)C(=O)CCCC(=O)C(C)(OC=O)C(=O)O. The third-order valence-electron chi connectivity index (χ3n) is 3.26. The molecule has 0 aromatic carbocycles. The van der Waals surface area contributed by atoms with E-state index in [0.29, 0.717) is 0 Å². The van der Waals surface area contributed by atoms with Gasteiger partial charge in [-0.05, 0) is 20.3 Å². The van der Waals surface area contributed by atoms with Gasteiger partial charge >= 0.3 is 11.9 Å². The molecule has 0 fully saturated rings. The number of carbonyl (C=O) groups is 6. The first-order chi connectivity index (χ1) is 10.6. The van der Waals surface area contributed by atoms with Gasteiger partial charge in [-0.3, -0.25) is 19.2 Å². The Bertz CT molecular complexity index is 479. The number of rotatable bonds is 12. The van der Waals surface area contributed by atoms with E-state index in [4.69, 9.17) is 10.2 Å². The molecule has 2 atom stereocenters. The number of carbonyl (C=O) groups excluding carboxylic acids is 4. The lowest BCUT2D eigenvalue weighted by Crippen LogP contribution is -2.47. The molecule has 0 amide bonds. The Hall–Kier alpha value is -2.78. The molecule has 128 valence electrons. The van der Waals surface area contributed by atoms with Crippen molar-refractivity contribution in [3.63, 3.8) is 0 Å². The molecule has 0 aromatic rings. The standard InChI is InChI=1S/C13H16O10/c1-12(10(18)19,22-6-14)8(16)4-3-5-9(17)13(2,11(20)21)23-7-15/h6-7H,3-5H2,1-2H3,(H,18,19)(H,20,21). The van der Waals surface area contributed by atoms with E-state index in [2.05, 4.69) is 9.47 Å². The van der Waals surface area contributed by atoms with Gasteiger partial charge in [0.05, 0.1) is 0 Å². The average molecular weight is 332 g/mol. The highest BCUT2D eigenvalue weighted by atomic mass is 16.6. The zero-order chi connectivity index (χ0) is 18.3. The van der Waals surface area contributed by atoms with E-state index in [1.807, 2.05) is 0 Å². The summed E-state index contributed by atoms with van der Waals surface area (Å²) in [5, 5.41) is 17.8. The summed E-state index contributed by atoms with van der Waals surface area (Å²) in [6, 6.07) is 0. The van der Waals surface area contributed by atoms with Crippen molar-refractivity contribution in [2.24, 2.45) is 0 Å². The maximum atomic E-state index is 11.8. The minimum atomic E-state index is -2.39. The Labute approximate surface area is 130 Å². The first-order valence-electron chi connectivity index (χ1n) is 6.32. The topological polar surface area (TPSA) is 161 Å². The minimum Gasteiger partial charge on any atom is -0.478 e. The van der Waals surface area contributed by atoms with Crippen LogP contribution in [0.3, 0.4) is 0 Å². The smallest absolute Gasteiger partial charge is 0.355 e. The van der Waals surface area contributed by atoms with E-state index in [1.54, 1.807) is 0 Å². The molecule has 0 spiro atoms. The molecule has 2 unspecified atom stereocenters. The van der Waals surface area contributed by atoms with Crippen LogP contribution in [0.2, 0.25) is 0 Å². The molecule has 0 aliphatic rings. The molecule has 2 N–H and O–H groups in total. The molecule has 10 heteroatoms. The molecule has 0 rings (SSSR count). The van der Waals surface area contributed by atoms with Gasteiger partial charge in [0.15, 0.2) is 11.6 Å². The van der Waals surface area contributed by atoms with Crippen LogP contribution < -0.4 is 0 Å². The van der Waals surface area contributed by atoms with E-state index >= 15 is 0 Å². The van der Waals surface area contributed by atoms with E-state index in [0.717, 1.165) is 13.8 Å².